The van der Waals surface area contributed by atoms with E-state index in [4.69, 9.17) is 0 Å². The smallest absolute Gasteiger partial charge is 0.245 e. The summed E-state index contributed by atoms with van der Waals surface area (Å²) < 4.78 is 53.6. The summed E-state index contributed by atoms with van der Waals surface area (Å²) in [6, 6.07) is 9.79. The highest BCUT2D eigenvalue weighted by molar-refractivity contribution is 7.89. The molecule has 3 rings (SSSR count). The number of amides is 1. The van der Waals surface area contributed by atoms with Crippen molar-refractivity contribution < 1.29 is 22.0 Å². The molecule has 1 saturated heterocycles. The molecule has 1 heterocycles. The van der Waals surface area contributed by atoms with Crippen LogP contribution in [-0.4, -0.2) is 31.7 Å². The molecule has 1 N–H and O–H groups in total. The molecule has 1 fully saturated rings. The molecule has 0 saturated carbocycles. The van der Waals surface area contributed by atoms with Crippen LogP contribution in [0.1, 0.15) is 31.2 Å². The van der Waals surface area contributed by atoms with Gasteiger partial charge in [0.05, 0.1) is 5.69 Å². The predicted octanol–water partition coefficient (Wildman–Crippen LogP) is 3.71. The predicted molar refractivity (Wildman–Crippen MR) is 102 cm³/mol. The van der Waals surface area contributed by atoms with E-state index in [1.54, 1.807) is 18.2 Å². The summed E-state index contributed by atoms with van der Waals surface area (Å²) in [6.07, 6.45) is 2.88. The molecule has 2 aromatic rings. The number of hydrogen-bond donors (Lipinski definition) is 1. The summed E-state index contributed by atoms with van der Waals surface area (Å²) in [5, 5.41) is 2.64. The molecule has 0 unspecified atom stereocenters. The van der Waals surface area contributed by atoms with Crippen molar-refractivity contribution in [3.63, 3.8) is 0 Å². The molecule has 5 nitrogen and oxygen atoms in total. The molecule has 8 heteroatoms. The van der Waals surface area contributed by atoms with Crippen LogP contribution in [0, 0.1) is 11.6 Å². The Labute approximate surface area is 163 Å². The molecule has 0 aliphatic carbocycles. The molecule has 2 aromatic carbocycles. The third-order valence-electron chi connectivity index (χ3n) is 4.72. The highest BCUT2D eigenvalue weighted by atomic mass is 32.2. The Morgan fingerprint density at radius 2 is 1.71 bits per heavy atom. The summed E-state index contributed by atoms with van der Waals surface area (Å²) in [4.78, 5) is 12.4. The Balaban J connectivity index is 1.70. The maximum atomic E-state index is 13.3. The largest absolute Gasteiger partial charge is 0.325 e. The minimum atomic E-state index is -3.69. The Bertz CT molecular complexity index is 958. The molecular formula is C20H22F2N2O3S. The average molecular weight is 408 g/mol. The normalized spacial score (nSPS) is 15.4. The van der Waals surface area contributed by atoms with Gasteiger partial charge in [0.25, 0.3) is 0 Å². The monoisotopic (exact) mass is 408 g/mol. The van der Waals surface area contributed by atoms with E-state index in [1.165, 1.54) is 16.4 Å². The number of nitrogens with one attached hydrogen (secondary N) is 1. The molecule has 150 valence electrons. The Morgan fingerprint density at radius 1 is 1.00 bits per heavy atom. The first-order valence-electron chi connectivity index (χ1n) is 9.21. The number of sulfonamides is 1. The first-order valence-corrected chi connectivity index (χ1v) is 10.6. The quantitative estimate of drug-likeness (QED) is 0.792. The summed E-state index contributed by atoms with van der Waals surface area (Å²) in [7, 11) is -3.69. The number of halogens is 2. The molecule has 1 aliphatic heterocycles. The molecule has 28 heavy (non-hydrogen) atoms. The zero-order valence-corrected chi connectivity index (χ0v) is 16.1. The van der Waals surface area contributed by atoms with Gasteiger partial charge in [-0.25, -0.2) is 17.2 Å². The molecule has 1 amide bonds. The van der Waals surface area contributed by atoms with E-state index in [0.717, 1.165) is 31.4 Å². The second-order valence-corrected chi connectivity index (χ2v) is 8.66. The van der Waals surface area contributed by atoms with Crippen LogP contribution in [-0.2, 0) is 21.2 Å². The lowest BCUT2D eigenvalue weighted by Crippen LogP contribution is -2.36. The van der Waals surface area contributed by atoms with Gasteiger partial charge in [-0.3, -0.25) is 4.79 Å². The zero-order valence-electron chi connectivity index (χ0n) is 15.3. The van der Waals surface area contributed by atoms with Crippen LogP contribution < -0.4 is 5.32 Å². The molecule has 0 aromatic heterocycles. The zero-order chi connectivity index (χ0) is 20.1. The molecule has 0 bridgehead atoms. The number of nitrogens with zero attached hydrogens (tertiary/aromatic N) is 1. The van der Waals surface area contributed by atoms with Crippen molar-refractivity contribution in [2.45, 2.75) is 37.0 Å². The Morgan fingerprint density at radius 3 is 2.43 bits per heavy atom. The molecule has 0 radical (unpaired) electrons. The first-order chi connectivity index (χ1) is 13.4. The summed E-state index contributed by atoms with van der Waals surface area (Å²) in [5.41, 5.74) is 0.714. The fraction of sp³-hybridized carbons (Fsp3) is 0.350. The van der Waals surface area contributed by atoms with Crippen molar-refractivity contribution >= 4 is 21.6 Å². The van der Waals surface area contributed by atoms with Crippen molar-refractivity contribution in [2.75, 3.05) is 18.4 Å². The van der Waals surface area contributed by atoms with E-state index in [9.17, 15) is 22.0 Å². The van der Waals surface area contributed by atoms with Crippen LogP contribution in [0.25, 0.3) is 0 Å². The van der Waals surface area contributed by atoms with Crippen LogP contribution in [0.5, 0.6) is 0 Å². The van der Waals surface area contributed by atoms with Crippen LogP contribution in [0.15, 0.2) is 47.4 Å². The topological polar surface area (TPSA) is 66.5 Å². The highest BCUT2D eigenvalue weighted by Gasteiger charge is 2.28. The first kappa shape index (κ1) is 20.4. The molecule has 1 aliphatic rings. The number of aryl methyl sites for hydroxylation is 1. The van der Waals surface area contributed by atoms with Gasteiger partial charge in [-0.2, -0.15) is 4.31 Å². The number of carbonyl (C=O) groups is 1. The number of rotatable bonds is 6. The standard InChI is InChI=1S/C20H22F2N2O3S/c21-16-10-8-15(14-17(16)22)9-11-20(25)23-18-6-2-3-7-19(18)28(26,27)24-12-4-1-5-13-24/h2-3,6-8,10,14H,1,4-5,9,11-13H2,(H,23,25). The lowest BCUT2D eigenvalue weighted by atomic mass is 10.1. The van der Waals surface area contributed by atoms with E-state index < -0.39 is 27.6 Å². The third-order valence-corrected chi connectivity index (χ3v) is 6.68. The maximum absolute atomic E-state index is 13.3. The summed E-state index contributed by atoms with van der Waals surface area (Å²) in [6.45, 7) is 0.946. The van der Waals surface area contributed by atoms with Gasteiger partial charge in [-0.05, 0) is 49.1 Å². The van der Waals surface area contributed by atoms with E-state index in [2.05, 4.69) is 5.32 Å². The van der Waals surface area contributed by atoms with E-state index in [-0.39, 0.29) is 23.4 Å². The number of hydrogen-bond acceptors (Lipinski definition) is 3. The second-order valence-electron chi connectivity index (χ2n) is 6.76. The van der Waals surface area contributed by atoms with Gasteiger partial charge < -0.3 is 5.32 Å². The van der Waals surface area contributed by atoms with Crippen molar-refractivity contribution in [3.8, 4) is 0 Å². The lowest BCUT2D eigenvalue weighted by molar-refractivity contribution is -0.116. The molecular weight excluding hydrogens is 386 g/mol. The van der Waals surface area contributed by atoms with Crippen LogP contribution in [0.2, 0.25) is 0 Å². The highest BCUT2D eigenvalue weighted by Crippen LogP contribution is 2.27. The second kappa shape index (κ2) is 8.79. The van der Waals surface area contributed by atoms with E-state index in [0.29, 0.717) is 18.7 Å². The van der Waals surface area contributed by atoms with Gasteiger partial charge in [0, 0.05) is 19.5 Å². The van der Waals surface area contributed by atoms with Crippen molar-refractivity contribution in [1.82, 2.24) is 4.31 Å². The van der Waals surface area contributed by atoms with Crippen molar-refractivity contribution in [3.05, 3.63) is 59.7 Å². The minimum absolute atomic E-state index is 0.0170. The third kappa shape index (κ3) is 4.74. The van der Waals surface area contributed by atoms with Crippen molar-refractivity contribution in [1.29, 1.82) is 0 Å². The minimum Gasteiger partial charge on any atom is -0.325 e. The summed E-state index contributed by atoms with van der Waals surface area (Å²) in [5.74, 6) is -2.30. The number of carbonyl (C=O) groups excluding carboxylic acids is 1. The van der Waals surface area contributed by atoms with Gasteiger partial charge in [0.1, 0.15) is 4.90 Å². The van der Waals surface area contributed by atoms with Gasteiger partial charge in [-0.15, -0.1) is 0 Å². The Hall–Kier alpha value is -2.32. The molecule has 0 atom stereocenters. The fourth-order valence-corrected chi connectivity index (χ4v) is 4.87. The maximum Gasteiger partial charge on any atom is 0.245 e. The van der Waals surface area contributed by atoms with Gasteiger partial charge in [0.15, 0.2) is 11.6 Å². The number of piperidine rings is 1. The van der Waals surface area contributed by atoms with E-state index in [1.807, 2.05) is 0 Å². The van der Waals surface area contributed by atoms with Gasteiger partial charge >= 0.3 is 0 Å². The lowest BCUT2D eigenvalue weighted by Gasteiger charge is -2.26. The van der Waals surface area contributed by atoms with E-state index >= 15 is 0 Å². The average Bonchev–Trinajstić information content (AvgIpc) is 2.70. The van der Waals surface area contributed by atoms with Crippen LogP contribution in [0.3, 0.4) is 0 Å². The van der Waals surface area contributed by atoms with Gasteiger partial charge in [-0.1, -0.05) is 24.6 Å². The number of para-hydroxylation sites is 1. The number of benzene rings is 2. The van der Waals surface area contributed by atoms with Crippen LogP contribution in [0.4, 0.5) is 14.5 Å². The number of anilines is 1. The Kier molecular flexibility index (Phi) is 6.41. The SMILES string of the molecule is O=C(CCc1ccc(F)c(F)c1)Nc1ccccc1S(=O)(=O)N1CCCCC1. The fourth-order valence-electron chi connectivity index (χ4n) is 3.20. The molecule has 0 spiro atoms. The van der Waals surface area contributed by atoms with Crippen LogP contribution >= 0.6 is 0 Å². The summed E-state index contributed by atoms with van der Waals surface area (Å²) >= 11 is 0. The van der Waals surface area contributed by atoms with Crippen molar-refractivity contribution in [2.24, 2.45) is 0 Å². The van der Waals surface area contributed by atoms with Gasteiger partial charge in [0.2, 0.25) is 15.9 Å².